The van der Waals surface area contributed by atoms with Crippen molar-refractivity contribution in [1.82, 2.24) is 5.32 Å². The maximum Gasteiger partial charge on any atom is 0.223 e. The van der Waals surface area contributed by atoms with Gasteiger partial charge in [-0.05, 0) is 43.0 Å². The Kier molecular flexibility index (Phi) is 4.47. The average Bonchev–Trinajstić information content (AvgIpc) is 2.83. The Morgan fingerprint density at radius 2 is 1.95 bits per heavy atom. The molecule has 3 nitrogen and oxygen atoms in total. The van der Waals surface area contributed by atoms with Gasteiger partial charge in [-0.15, -0.1) is 0 Å². The molecule has 5 heteroatoms. The molecule has 1 fully saturated rings. The number of benzene rings is 1. The third-order valence-corrected chi connectivity index (χ3v) is 3.69. The standard InChI is InChI=1S/C14H18F2N2O/c15-11-4-9(5-12(16)6-11)8-18-14(19)13-3-1-2-10(13)7-17/h4-6,10,13H,1-3,7-8,17H2,(H,18,19)/t10-,13-/m1/s1. The summed E-state index contributed by atoms with van der Waals surface area (Å²) in [5.41, 5.74) is 6.05. The van der Waals surface area contributed by atoms with E-state index in [4.69, 9.17) is 5.73 Å². The number of carbonyl (C=O) groups is 1. The maximum atomic E-state index is 13.0. The topological polar surface area (TPSA) is 55.1 Å². The van der Waals surface area contributed by atoms with Gasteiger partial charge in [0.25, 0.3) is 0 Å². The van der Waals surface area contributed by atoms with Gasteiger partial charge in [-0.3, -0.25) is 4.79 Å². The fourth-order valence-corrected chi connectivity index (χ4v) is 2.70. The third kappa shape index (κ3) is 3.50. The van der Waals surface area contributed by atoms with Crippen molar-refractivity contribution in [2.75, 3.05) is 6.54 Å². The minimum Gasteiger partial charge on any atom is -0.352 e. The van der Waals surface area contributed by atoms with Gasteiger partial charge in [-0.2, -0.15) is 0 Å². The van der Waals surface area contributed by atoms with Crippen molar-refractivity contribution in [3.63, 3.8) is 0 Å². The van der Waals surface area contributed by atoms with Crippen molar-refractivity contribution in [3.05, 3.63) is 35.4 Å². The first kappa shape index (κ1) is 13.9. The molecule has 0 heterocycles. The zero-order chi connectivity index (χ0) is 13.8. The molecule has 19 heavy (non-hydrogen) atoms. The number of rotatable bonds is 4. The van der Waals surface area contributed by atoms with Crippen LogP contribution in [0.4, 0.5) is 8.78 Å². The highest BCUT2D eigenvalue weighted by molar-refractivity contribution is 5.79. The number of amides is 1. The molecule has 0 spiro atoms. The summed E-state index contributed by atoms with van der Waals surface area (Å²) in [4.78, 5) is 12.0. The number of carbonyl (C=O) groups excluding carboxylic acids is 1. The van der Waals surface area contributed by atoms with Crippen LogP contribution in [-0.4, -0.2) is 12.5 Å². The Morgan fingerprint density at radius 1 is 1.26 bits per heavy atom. The molecule has 0 saturated heterocycles. The van der Waals surface area contributed by atoms with Crippen LogP contribution in [0.5, 0.6) is 0 Å². The first-order valence-corrected chi connectivity index (χ1v) is 6.53. The number of nitrogens with one attached hydrogen (secondary N) is 1. The van der Waals surface area contributed by atoms with Crippen LogP contribution in [0, 0.1) is 23.5 Å². The lowest BCUT2D eigenvalue weighted by Crippen LogP contribution is -2.34. The fraction of sp³-hybridized carbons (Fsp3) is 0.500. The summed E-state index contributed by atoms with van der Waals surface area (Å²) >= 11 is 0. The third-order valence-electron chi connectivity index (χ3n) is 3.69. The Labute approximate surface area is 111 Å². The van der Waals surface area contributed by atoms with E-state index in [0.717, 1.165) is 25.3 Å². The van der Waals surface area contributed by atoms with E-state index in [9.17, 15) is 13.6 Å². The predicted octanol–water partition coefficient (Wildman–Crippen LogP) is 1.96. The molecular weight excluding hydrogens is 250 g/mol. The van der Waals surface area contributed by atoms with Gasteiger partial charge in [0.2, 0.25) is 5.91 Å². The summed E-state index contributed by atoms with van der Waals surface area (Å²) in [7, 11) is 0. The zero-order valence-electron chi connectivity index (χ0n) is 10.7. The minimum absolute atomic E-state index is 0.0663. The van der Waals surface area contributed by atoms with Crippen LogP contribution in [0.2, 0.25) is 0 Å². The molecule has 1 aliphatic rings. The van der Waals surface area contributed by atoms with Gasteiger partial charge in [0.15, 0.2) is 0 Å². The van der Waals surface area contributed by atoms with Crippen LogP contribution >= 0.6 is 0 Å². The van der Waals surface area contributed by atoms with Crippen LogP contribution in [0.1, 0.15) is 24.8 Å². The molecule has 1 aromatic rings. The van der Waals surface area contributed by atoms with Crippen LogP contribution in [-0.2, 0) is 11.3 Å². The van der Waals surface area contributed by atoms with Crippen molar-refractivity contribution in [3.8, 4) is 0 Å². The quantitative estimate of drug-likeness (QED) is 0.877. The smallest absolute Gasteiger partial charge is 0.223 e. The molecule has 1 amide bonds. The monoisotopic (exact) mass is 268 g/mol. The highest BCUT2D eigenvalue weighted by Gasteiger charge is 2.31. The summed E-state index contributed by atoms with van der Waals surface area (Å²) in [6.07, 6.45) is 2.82. The molecular formula is C14H18F2N2O. The van der Waals surface area contributed by atoms with Crippen molar-refractivity contribution < 1.29 is 13.6 Å². The molecule has 104 valence electrons. The maximum absolute atomic E-state index is 13.0. The molecule has 1 aliphatic carbocycles. The van der Waals surface area contributed by atoms with E-state index >= 15 is 0 Å². The second-order valence-corrected chi connectivity index (χ2v) is 5.03. The molecule has 0 aliphatic heterocycles. The Bertz CT molecular complexity index is 445. The molecule has 0 aromatic heterocycles. The molecule has 1 aromatic carbocycles. The van der Waals surface area contributed by atoms with E-state index in [1.54, 1.807) is 0 Å². The van der Waals surface area contributed by atoms with Crippen molar-refractivity contribution >= 4 is 5.91 Å². The lowest BCUT2D eigenvalue weighted by atomic mass is 9.95. The summed E-state index contributed by atoms with van der Waals surface area (Å²) in [5, 5.41) is 2.73. The molecule has 0 unspecified atom stereocenters. The second-order valence-electron chi connectivity index (χ2n) is 5.03. The van der Waals surface area contributed by atoms with E-state index in [1.807, 2.05) is 0 Å². The number of hydrogen-bond donors (Lipinski definition) is 2. The van der Waals surface area contributed by atoms with E-state index in [2.05, 4.69) is 5.32 Å². The molecule has 1 saturated carbocycles. The summed E-state index contributed by atoms with van der Waals surface area (Å²) in [6.45, 7) is 0.647. The van der Waals surface area contributed by atoms with Gasteiger partial charge < -0.3 is 11.1 Å². The summed E-state index contributed by atoms with van der Waals surface area (Å²) in [5.74, 6) is -1.18. The lowest BCUT2D eigenvalue weighted by Gasteiger charge is -2.17. The van der Waals surface area contributed by atoms with Crippen LogP contribution in [0.25, 0.3) is 0 Å². The second kappa shape index (κ2) is 6.10. The fourth-order valence-electron chi connectivity index (χ4n) is 2.70. The largest absolute Gasteiger partial charge is 0.352 e. The summed E-state index contributed by atoms with van der Waals surface area (Å²) in [6, 6.07) is 3.25. The van der Waals surface area contributed by atoms with Crippen LogP contribution < -0.4 is 11.1 Å². The normalized spacial score (nSPS) is 22.5. The van der Waals surface area contributed by atoms with Crippen molar-refractivity contribution in [2.45, 2.75) is 25.8 Å². The molecule has 0 bridgehead atoms. The molecule has 2 atom stereocenters. The van der Waals surface area contributed by atoms with Crippen LogP contribution in [0.15, 0.2) is 18.2 Å². The van der Waals surface area contributed by atoms with E-state index in [1.165, 1.54) is 12.1 Å². The highest BCUT2D eigenvalue weighted by Crippen LogP contribution is 2.30. The van der Waals surface area contributed by atoms with E-state index in [-0.39, 0.29) is 24.3 Å². The Balaban J connectivity index is 1.93. The lowest BCUT2D eigenvalue weighted by molar-refractivity contribution is -0.126. The molecule has 0 radical (unpaired) electrons. The van der Waals surface area contributed by atoms with Crippen molar-refractivity contribution in [2.24, 2.45) is 17.6 Å². The highest BCUT2D eigenvalue weighted by atomic mass is 19.1. The van der Waals surface area contributed by atoms with Gasteiger partial charge in [-0.25, -0.2) is 8.78 Å². The first-order valence-electron chi connectivity index (χ1n) is 6.53. The minimum atomic E-state index is -0.634. The van der Waals surface area contributed by atoms with Gasteiger partial charge in [0, 0.05) is 18.5 Å². The molecule has 2 rings (SSSR count). The van der Waals surface area contributed by atoms with E-state index in [0.29, 0.717) is 12.1 Å². The van der Waals surface area contributed by atoms with Crippen molar-refractivity contribution in [1.29, 1.82) is 0 Å². The number of hydrogen-bond acceptors (Lipinski definition) is 2. The number of nitrogens with two attached hydrogens (primary N) is 1. The average molecular weight is 268 g/mol. The zero-order valence-corrected chi connectivity index (χ0v) is 10.7. The summed E-state index contributed by atoms with van der Waals surface area (Å²) < 4.78 is 26.0. The van der Waals surface area contributed by atoms with Gasteiger partial charge in [0.1, 0.15) is 11.6 Å². The van der Waals surface area contributed by atoms with Gasteiger partial charge >= 0.3 is 0 Å². The Hall–Kier alpha value is -1.49. The van der Waals surface area contributed by atoms with Gasteiger partial charge in [0.05, 0.1) is 0 Å². The van der Waals surface area contributed by atoms with Crippen LogP contribution in [0.3, 0.4) is 0 Å². The van der Waals surface area contributed by atoms with E-state index < -0.39 is 11.6 Å². The number of halogens is 2. The Morgan fingerprint density at radius 3 is 2.58 bits per heavy atom. The molecule has 3 N–H and O–H groups in total. The first-order chi connectivity index (χ1) is 9.10. The van der Waals surface area contributed by atoms with Gasteiger partial charge in [-0.1, -0.05) is 6.42 Å². The predicted molar refractivity (Wildman–Crippen MR) is 68.1 cm³/mol. The SMILES string of the molecule is NC[C@H]1CCC[C@H]1C(=O)NCc1cc(F)cc(F)c1.